The summed E-state index contributed by atoms with van der Waals surface area (Å²) in [5.74, 6) is 0.313. The lowest BCUT2D eigenvalue weighted by atomic mass is 9.98. The van der Waals surface area contributed by atoms with E-state index in [0.717, 1.165) is 18.0 Å². The van der Waals surface area contributed by atoms with Gasteiger partial charge in [-0.1, -0.05) is 12.8 Å². The highest BCUT2D eigenvalue weighted by molar-refractivity contribution is 5.98. The van der Waals surface area contributed by atoms with Crippen molar-refractivity contribution in [2.24, 2.45) is 5.92 Å². The maximum Gasteiger partial charge on any atom is 0.303 e. The van der Waals surface area contributed by atoms with E-state index < -0.39 is 5.97 Å². The minimum absolute atomic E-state index is 0.0275. The molecule has 0 amide bonds. The number of ketones is 1. The topological polar surface area (TPSA) is 75.6 Å². The van der Waals surface area contributed by atoms with Gasteiger partial charge in [0, 0.05) is 12.0 Å². The molecule has 0 spiro atoms. The number of carbonyl (C=O) groups excluding carboxylic acids is 1. The van der Waals surface area contributed by atoms with E-state index in [2.05, 4.69) is 5.32 Å². The number of aliphatic carboxylic acids is 1. The van der Waals surface area contributed by atoms with Crippen molar-refractivity contribution in [3.63, 3.8) is 0 Å². The number of anilines is 1. The second kappa shape index (κ2) is 6.38. The number of fused-ring (bicyclic) bond motifs is 1. The lowest BCUT2D eigenvalue weighted by Gasteiger charge is -2.31. The van der Waals surface area contributed by atoms with Crippen molar-refractivity contribution in [3.05, 3.63) is 23.8 Å². The summed E-state index contributed by atoms with van der Waals surface area (Å²) in [6.45, 7) is 0.768. The highest BCUT2D eigenvalue weighted by Gasteiger charge is 2.30. The lowest BCUT2D eigenvalue weighted by Crippen LogP contribution is -2.36. The van der Waals surface area contributed by atoms with Crippen molar-refractivity contribution >= 4 is 17.4 Å². The molecule has 1 saturated carbocycles. The maximum absolute atomic E-state index is 12.0. The van der Waals surface area contributed by atoms with Crippen molar-refractivity contribution in [1.82, 2.24) is 0 Å². The summed E-state index contributed by atoms with van der Waals surface area (Å²) < 4.78 is 6.08. The number of hydrogen-bond donors (Lipinski definition) is 2. The molecular formula is C17H21NO4. The Morgan fingerprint density at radius 2 is 2.00 bits per heavy atom. The second-order valence-corrected chi connectivity index (χ2v) is 6.11. The van der Waals surface area contributed by atoms with Crippen LogP contribution in [0.25, 0.3) is 0 Å². The smallest absolute Gasteiger partial charge is 0.303 e. The molecule has 1 aromatic carbocycles. The first kappa shape index (κ1) is 14.9. The number of carboxylic acid groups (broad SMARTS) is 1. The fraction of sp³-hybridized carbons (Fsp3) is 0.529. The van der Waals surface area contributed by atoms with Crippen LogP contribution in [0, 0.1) is 5.92 Å². The average Bonchev–Trinajstić information content (AvgIpc) is 3.06. The third-order valence-corrected chi connectivity index (χ3v) is 4.57. The molecule has 0 saturated heterocycles. The van der Waals surface area contributed by atoms with E-state index in [1.165, 1.54) is 25.7 Å². The number of carbonyl (C=O) groups is 2. The van der Waals surface area contributed by atoms with Crippen molar-refractivity contribution in [2.75, 3.05) is 11.9 Å². The highest BCUT2D eigenvalue weighted by atomic mass is 16.5. The first-order valence-corrected chi connectivity index (χ1v) is 7.93. The number of benzene rings is 1. The van der Waals surface area contributed by atoms with Gasteiger partial charge in [0.1, 0.15) is 11.9 Å². The summed E-state index contributed by atoms with van der Waals surface area (Å²) in [4.78, 5) is 22.5. The molecule has 1 unspecified atom stereocenters. The van der Waals surface area contributed by atoms with Crippen LogP contribution in [-0.4, -0.2) is 29.5 Å². The number of nitrogens with one attached hydrogen (secondary N) is 1. The molecule has 2 aliphatic rings. The molecule has 0 bridgehead atoms. The van der Waals surface area contributed by atoms with Gasteiger partial charge in [0.2, 0.25) is 0 Å². The second-order valence-electron chi connectivity index (χ2n) is 6.11. The van der Waals surface area contributed by atoms with Crippen LogP contribution < -0.4 is 10.1 Å². The van der Waals surface area contributed by atoms with Gasteiger partial charge in [-0.05, 0) is 37.0 Å². The van der Waals surface area contributed by atoms with Crippen LogP contribution in [0.1, 0.15) is 48.9 Å². The number of carboxylic acids is 1. The Morgan fingerprint density at radius 3 is 2.73 bits per heavy atom. The van der Waals surface area contributed by atoms with Gasteiger partial charge >= 0.3 is 5.97 Å². The Labute approximate surface area is 129 Å². The molecule has 5 nitrogen and oxygen atoms in total. The van der Waals surface area contributed by atoms with Crippen LogP contribution in [0.2, 0.25) is 0 Å². The molecule has 1 aliphatic heterocycles. The minimum atomic E-state index is -0.952. The number of hydrogen-bond acceptors (Lipinski definition) is 4. The van der Waals surface area contributed by atoms with E-state index in [1.807, 2.05) is 6.07 Å². The third-order valence-electron chi connectivity index (χ3n) is 4.57. The molecule has 1 fully saturated rings. The largest absolute Gasteiger partial charge is 0.486 e. The van der Waals surface area contributed by atoms with Crippen molar-refractivity contribution in [1.29, 1.82) is 0 Å². The summed E-state index contributed by atoms with van der Waals surface area (Å²) in [7, 11) is 0. The van der Waals surface area contributed by atoms with Crippen molar-refractivity contribution < 1.29 is 19.4 Å². The number of rotatable bonds is 5. The monoisotopic (exact) mass is 303 g/mol. The quantitative estimate of drug-likeness (QED) is 0.817. The molecule has 0 aromatic heterocycles. The van der Waals surface area contributed by atoms with Gasteiger partial charge in [0.25, 0.3) is 0 Å². The molecule has 3 rings (SSSR count). The van der Waals surface area contributed by atoms with Gasteiger partial charge in [0.15, 0.2) is 5.78 Å². The summed E-state index contributed by atoms with van der Waals surface area (Å²) >= 11 is 0. The lowest BCUT2D eigenvalue weighted by molar-refractivity contribution is -0.136. The minimum Gasteiger partial charge on any atom is -0.486 e. The van der Waals surface area contributed by atoms with Gasteiger partial charge in [-0.3, -0.25) is 9.59 Å². The Balaban J connectivity index is 1.67. The predicted molar refractivity (Wildman–Crippen MR) is 82.5 cm³/mol. The molecule has 1 aliphatic carbocycles. The summed E-state index contributed by atoms with van der Waals surface area (Å²) in [6.07, 6.45) is 5.14. The van der Waals surface area contributed by atoms with E-state index in [0.29, 0.717) is 11.5 Å². The maximum atomic E-state index is 12.0. The third kappa shape index (κ3) is 3.24. The van der Waals surface area contributed by atoms with Gasteiger partial charge in [-0.15, -0.1) is 0 Å². The van der Waals surface area contributed by atoms with Crippen molar-refractivity contribution in [2.45, 2.75) is 44.6 Å². The summed E-state index contributed by atoms with van der Waals surface area (Å²) in [6, 6.07) is 5.31. The van der Waals surface area contributed by atoms with Crippen LogP contribution >= 0.6 is 0 Å². The Morgan fingerprint density at radius 1 is 1.23 bits per heavy atom. The summed E-state index contributed by atoms with van der Waals surface area (Å²) in [5.41, 5.74) is 1.37. The van der Waals surface area contributed by atoms with E-state index in [-0.39, 0.29) is 24.7 Å². The summed E-state index contributed by atoms with van der Waals surface area (Å²) in [5, 5.41) is 12.0. The predicted octanol–water partition coefficient (Wildman–Crippen LogP) is 3.10. The molecule has 2 N–H and O–H groups in total. The Bertz CT molecular complexity index is 578. The van der Waals surface area contributed by atoms with Crippen LogP contribution in [0.4, 0.5) is 5.69 Å². The van der Waals surface area contributed by atoms with Gasteiger partial charge in [-0.25, -0.2) is 0 Å². The van der Waals surface area contributed by atoms with Crippen LogP contribution in [-0.2, 0) is 4.79 Å². The van der Waals surface area contributed by atoms with Gasteiger partial charge < -0.3 is 15.2 Å². The fourth-order valence-corrected chi connectivity index (χ4v) is 3.32. The van der Waals surface area contributed by atoms with Crippen LogP contribution in [0.5, 0.6) is 5.75 Å². The Hall–Kier alpha value is -2.04. The van der Waals surface area contributed by atoms with E-state index >= 15 is 0 Å². The van der Waals surface area contributed by atoms with Crippen molar-refractivity contribution in [3.8, 4) is 5.75 Å². The van der Waals surface area contributed by atoms with E-state index in [1.54, 1.807) is 12.1 Å². The molecule has 118 valence electrons. The SMILES string of the molecule is O=C(O)CCC(=O)c1ccc2c(c1)NCC(C1CCCC1)O2. The normalized spacial score (nSPS) is 20.8. The zero-order valence-electron chi connectivity index (χ0n) is 12.5. The molecule has 22 heavy (non-hydrogen) atoms. The van der Waals surface area contributed by atoms with Gasteiger partial charge in [0.05, 0.1) is 18.7 Å². The number of ether oxygens (including phenoxy) is 1. The molecule has 5 heteroatoms. The Kier molecular flexibility index (Phi) is 4.32. The molecule has 1 aromatic rings. The highest BCUT2D eigenvalue weighted by Crippen LogP contribution is 2.36. The first-order chi connectivity index (χ1) is 10.6. The standard InChI is InChI=1S/C17H21NO4/c19-14(6-8-17(20)21)12-5-7-15-13(9-12)18-10-16(22-15)11-3-1-2-4-11/h5,7,9,11,16,18H,1-4,6,8,10H2,(H,20,21). The van der Waals surface area contributed by atoms with Crippen LogP contribution in [0.15, 0.2) is 18.2 Å². The molecule has 1 heterocycles. The molecule has 0 radical (unpaired) electrons. The van der Waals surface area contributed by atoms with Gasteiger partial charge in [-0.2, -0.15) is 0 Å². The molecular weight excluding hydrogens is 282 g/mol. The first-order valence-electron chi connectivity index (χ1n) is 7.93. The fourth-order valence-electron chi connectivity index (χ4n) is 3.32. The number of Topliss-reactive ketones (excluding diaryl/α,β-unsaturated/α-hetero) is 1. The average molecular weight is 303 g/mol. The van der Waals surface area contributed by atoms with E-state index in [4.69, 9.17) is 9.84 Å². The zero-order chi connectivity index (χ0) is 15.5. The van der Waals surface area contributed by atoms with Crippen LogP contribution in [0.3, 0.4) is 0 Å². The molecule has 1 atom stereocenters. The van der Waals surface area contributed by atoms with E-state index in [9.17, 15) is 9.59 Å². The zero-order valence-corrected chi connectivity index (χ0v) is 12.5.